The standard InChI is InChI=1S/C21H21FN2O3S/c1-13-4-6-16(7-5-13)21-24-19(15(3)27-21)11-28(26)12-20(25)23-18-9-8-17(22)10-14(18)2/h4-10H,11-12H2,1-3H3,(H,23,25)/t28-/m0/s1. The molecule has 0 bridgehead atoms. The van der Waals surface area contributed by atoms with Gasteiger partial charge in [-0.05, 0) is 56.7 Å². The Balaban J connectivity index is 1.63. The first-order valence-electron chi connectivity index (χ1n) is 8.76. The second-order valence-corrected chi connectivity index (χ2v) is 8.08. The Labute approximate surface area is 165 Å². The summed E-state index contributed by atoms with van der Waals surface area (Å²) in [4.78, 5) is 16.6. The highest BCUT2D eigenvalue weighted by Crippen LogP contribution is 2.23. The Morgan fingerprint density at radius 1 is 1.14 bits per heavy atom. The van der Waals surface area contributed by atoms with Crippen LogP contribution in [0.25, 0.3) is 11.5 Å². The normalized spacial score (nSPS) is 12.0. The molecule has 1 amide bonds. The van der Waals surface area contributed by atoms with Gasteiger partial charge in [0.1, 0.15) is 17.3 Å². The quantitative estimate of drug-likeness (QED) is 0.670. The highest BCUT2D eigenvalue weighted by atomic mass is 32.2. The number of oxazole rings is 1. The molecular weight excluding hydrogens is 379 g/mol. The largest absolute Gasteiger partial charge is 0.441 e. The lowest BCUT2D eigenvalue weighted by molar-refractivity contribution is -0.113. The fourth-order valence-electron chi connectivity index (χ4n) is 2.68. The van der Waals surface area contributed by atoms with Gasteiger partial charge in [0.05, 0.1) is 11.4 Å². The van der Waals surface area contributed by atoms with Crippen molar-refractivity contribution in [3.63, 3.8) is 0 Å². The number of aromatic nitrogens is 1. The van der Waals surface area contributed by atoms with Crippen LogP contribution in [0.4, 0.5) is 10.1 Å². The summed E-state index contributed by atoms with van der Waals surface area (Å²) in [5, 5.41) is 2.66. The van der Waals surface area contributed by atoms with Crippen molar-refractivity contribution in [1.29, 1.82) is 0 Å². The lowest BCUT2D eigenvalue weighted by Gasteiger charge is -2.08. The fraction of sp³-hybridized carbons (Fsp3) is 0.238. The van der Waals surface area contributed by atoms with Crippen LogP contribution in [0.2, 0.25) is 0 Å². The van der Waals surface area contributed by atoms with E-state index in [1.165, 1.54) is 18.2 Å². The van der Waals surface area contributed by atoms with Crippen molar-refractivity contribution < 1.29 is 17.8 Å². The van der Waals surface area contributed by atoms with Crippen molar-refractivity contribution in [1.82, 2.24) is 4.98 Å². The monoisotopic (exact) mass is 400 g/mol. The van der Waals surface area contributed by atoms with E-state index in [9.17, 15) is 13.4 Å². The summed E-state index contributed by atoms with van der Waals surface area (Å²) in [7, 11) is -1.45. The minimum absolute atomic E-state index is 0.122. The Morgan fingerprint density at radius 3 is 2.54 bits per heavy atom. The summed E-state index contributed by atoms with van der Waals surface area (Å²) < 4.78 is 31.2. The molecular formula is C21H21FN2O3S. The number of halogens is 1. The maximum Gasteiger partial charge on any atom is 0.237 e. The third-order valence-electron chi connectivity index (χ3n) is 4.24. The summed E-state index contributed by atoms with van der Waals surface area (Å²) in [6, 6.07) is 11.9. The number of nitrogens with one attached hydrogen (secondary N) is 1. The van der Waals surface area contributed by atoms with Crippen molar-refractivity contribution in [2.75, 3.05) is 11.1 Å². The smallest absolute Gasteiger partial charge is 0.237 e. The van der Waals surface area contributed by atoms with Crippen molar-refractivity contribution >= 4 is 22.4 Å². The van der Waals surface area contributed by atoms with Gasteiger partial charge in [-0.1, -0.05) is 17.7 Å². The molecule has 2 aromatic carbocycles. The van der Waals surface area contributed by atoms with E-state index in [0.29, 0.717) is 28.6 Å². The number of carbonyl (C=O) groups excluding carboxylic acids is 1. The molecule has 1 N–H and O–H groups in total. The molecule has 0 saturated heterocycles. The second kappa shape index (κ2) is 8.48. The summed E-state index contributed by atoms with van der Waals surface area (Å²) in [5.41, 5.74) is 3.66. The molecule has 3 rings (SSSR count). The maximum atomic E-state index is 13.1. The topological polar surface area (TPSA) is 72.2 Å². The van der Waals surface area contributed by atoms with E-state index in [2.05, 4.69) is 10.3 Å². The molecule has 146 valence electrons. The maximum absolute atomic E-state index is 13.1. The Morgan fingerprint density at radius 2 is 1.86 bits per heavy atom. The van der Waals surface area contributed by atoms with Gasteiger partial charge in [0, 0.05) is 22.1 Å². The Hall–Kier alpha value is -2.80. The first kappa shape index (κ1) is 19.9. The van der Waals surface area contributed by atoms with Crippen LogP contribution in [0.1, 0.15) is 22.6 Å². The van der Waals surface area contributed by atoms with Crippen molar-refractivity contribution in [3.05, 3.63) is 70.9 Å². The Kier molecular flexibility index (Phi) is 6.04. The van der Waals surface area contributed by atoms with Crippen LogP contribution >= 0.6 is 0 Å². The van der Waals surface area contributed by atoms with Crippen LogP contribution in [0.15, 0.2) is 46.9 Å². The zero-order valence-corrected chi connectivity index (χ0v) is 16.7. The summed E-state index contributed by atoms with van der Waals surface area (Å²) >= 11 is 0. The molecule has 0 saturated carbocycles. The zero-order chi connectivity index (χ0) is 20.3. The van der Waals surface area contributed by atoms with E-state index in [4.69, 9.17) is 4.42 Å². The number of nitrogens with zero attached hydrogens (tertiary/aromatic N) is 1. The third kappa shape index (κ3) is 4.92. The number of aryl methyl sites for hydroxylation is 3. The number of hydrogen-bond acceptors (Lipinski definition) is 4. The summed E-state index contributed by atoms with van der Waals surface area (Å²) in [6.07, 6.45) is 0. The Bertz CT molecular complexity index is 1030. The van der Waals surface area contributed by atoms with Gasteiger partial charge in [-0.3, -0.25) is 9.00 Å². The lowest BCUT2D eigenvalue weighted by atomic mass is 10.1. The van der Waals surface area contributed by atoms with E-state index in [0.717, 1.165) is 11.1 Å². The van der Waals surface area contributed by atoms with Crippen LogP contribution in [0.5, 0.6) is 0 Å². The predicted octanol–water partition coefficient (Wildman–Crippen LogP) is 4.29. The molecule has 0 spiro atoms. The fourth-order valence-corrected chi connectivity index (χ4v) is 3.72. The number of hydrogen-bond donors (Lipinski definition) is 1. The van der Waals surface area contributed by atoms with Gasteiger partial charge >= 0.3 is 0 Å². The van der Waals surface area contributed by atoms with E-state index in [1.54, 1.807) is 13.8 Å². The summed E-state index contributed by atoms with van der Waals surface area (Å²) in [6.45, 7) is 5.46. The number of rotatable bonds is 6. The van der Waals surface area contributed by atoms with Crippen LogP contribution < -0.4 is 5.32 Å². The van der Waals surface area contributed by atoms with E-state index in [1.807, 2.05) is 31.2 Å². The minimum atomic E-state index is -1.45. The molecule has 0 aliphatic heterocycles. The van der Waals surface area contributed by atoms with Gasteiger partial charge < -0.3 is 9.73 Å². The van der Waals surface area contributed by atoms with Crippen LogP contribution in [0, 0.1) is 26.6 Å². The van der Waals surface area contributed by atoms with Crippen LogP contribution in [-0.4, -0.2) is 20.9 Å². The molecule has 28 heavy (non-hydrogen) atoms. The molecule has 1 atom stereocenters. The average molecular weight is 400 g/mol. The van der Waals surface area contributed by atoms with Gasteiger partial charge in [-0.25, -0.2) is 9.37 Å². The van der Waals surface area contributed by atoms with Gasteiger partial charge in [-0.15, -0.1) is 0 Å². The molecule has 3 aromatic rings. The number of carbonyl (C=O) groups is 1. The van der Waals surface area contributed by atoms with Gasteiger partial charge in [0.25, 0.3) is 0 Å². The molecule has 7 heteroatoms. The first-order valence-corrected chi connectivity index (χ1v) is 10.2. The van der Waals surface area contributed by atoms with Crippen molar-refractivity contribution in [2.24, 2.45) is 0 Å². The number of anilines is 1. The van der Waals surface area contributed by atoms with Crippen molar-refractivity contribution in [2.45, 2.75) is 26.5 Å². The molecule has 0 aliphatic rings. The average Bonchev–Trinajstić information content (AvgIpc) is 2.98. The van der Waals surface area contributed by atoms with E-state index < -0.39 is 16.7 Å². The van der Waals surface area contributed by atoms with E-state index >= 15 is 0 Å². The van der Waals surface area contributed by atoms with Gasteiger partial charge in [0.15, 0.2) is 0 Å². The zero-order valence-electron chi connectivity index (χ0n) is 15.9. The lowest BCUT2D eigenvalue weighted by Crippen LogP contribution is -2.21. The number of amides is 1. The first-order chi connectivity index (χ1) is 13.3. The minimum Gasteiger partial charge on any atom is -0.441 e. The van der Waals surface area contributed by atoms with Crippen LogP contribution in [-0.2, 0) is 21.3 Å². The third-order valence-corrected chi connectivity index (χ3v) is 5.42. The molecule has 0 radical (unpaired) electrons. The highest BCUT2D eigenvalue weighted by molar-refractivity contribution is 7.84. The molecule has 1 aromatic heterocycles. The van der Waals surface area contributed by atoms with Crippen molar-refractivity contribution in [3.8, 4) is 11.5 Å². The molecule has 5 nitrogen and oxygen atoms in total. The highest BCUT2D eigenvalue weighted by Gasteiger charge is 2.16. The number of benzene rings is 2. The molecule has 0 unspecified atom stereocenters. The van der Waals surface area contributed by atoms with Crippen LogP contribution in [0.3, 0.4) is 0 Å². The molecule has 0 aliphatic carbocycles. The molecule has 0 fully saturated rings. The summed E-state index contributed by atoms with van der Waals surface area (Å²) in [5.74, 6) is 0.229. The second-order valence-electron chi connectivity index (χ2n) is 6.62. The van der Waals surface area contributed by atoms with E-state index in [-0.39, 0.29) is 17.3 Å². The predicted molar refractivity (Wildman–Crippen MR) is 108 cm³/mol. The SMILES string of the molecule is Cc1ccc(-c2nc(C[S@](=O)CC(=O)Nc3ccc(F)cc3C)c(C)o2)cc1. The molecule has 1 heterocycles. The van der Waals surface area contributed by atoms with Gasteiger partial charge in [-0.2, -0.15) is 0 Å². The van der Waals surface area contributed by atoms with Gasteiger partial charge in [0.2, 0.25) is 11.8 Å².